The Balaban J connectivity index is 1.41. The largest absolute Gasteiger partial charge is 0.494 e. The molecule has 2 heterocycles. The normalized spacial score (nSPS) is 16.3. The Morgan fingerprint density at radius 1 is 1.02 bits per heavy atom. The highest BCUT2D eigenvalue weighted by Crippen LogP contribution is 2.36. The Hall–Kier alpha value is -3.67. The van der Waals surface area contributed by atoms with E-state index in [0.717, 1.165) is 16.7 Å². The van der Waals surface area contributed by atoms with Gasteiger partial charge in [0.1, 0.15) is 17.6 Å². The number of esters is 1. The number of carbonyl (C=O) groups excluding carboxylic acids is 1. The van der Waals surface area contributed by atoms with Gasteiger partial charge in [0.05, 0.1) is 29.6 Å². The quantitative estimate of drug-likeness (QED) is 0.227. The van der Waals surface area contributed by atoms with Gasteiger partial charge in [0.25, 0.3) is 0 Å². The fraction of sp³-hybridized carbons (Fsp3) is 0.469. The van der Waals surface area contributed by atoms with Crippen LogP contribution in [0.1, 0.15) is 76.6 Å². The summed E-state index contributed by atoms with van der Waals surface area (Å²) >= 11 is 0. The van der Waals surface area contributed by atoms with E-state index in [1.54, 1.807) is 32.0 Å². The first-order valence-corrected chi connectivity index (χ1v) is 14.5. The molecule has 1 atom stereocenters. The van der Waals surface area contributed by atoms with E-state index in [1.165, 1.54) is 0 Å². The molecular weight excluding hydrogens is 551 g/mol. The van der Waals surface area contributed by atoms with Crippen LogP contribution in [0.25, 0.3) is 11.5 Å². The molecule has 0 saturated carbocycles. The van der Waals surface area contributed by atoms with Crippen LogP contribution in [0.4, 0.5) is 0 Å². The van der Waals surface area contributed by atoms with Gasteiger partial charge in [-0.15, -0.1) is 0 Å². The molecule has 1 aliphatic heterocycles. The predicted octanol–water partition coefficient (Wildman–Crippen LogP) is 4.54. The number of hydrogen-bond acceptors (Lipinski definition) is 9. The standard InChI is InChI=1S/C32H41BN2O8/c1-19(2)40-30(38)28(34)25-18-24(14-10-21(25)11-15-27(36)37)39-17-16-26-20(3)41-29(35-26)22-8-12-23(13-9-22)33-42-31(4,5)32(6,7)43-33/h8-10,12-14,18-19,28H,11,15-17,34H2,1-7H3,(H,36,37). The van der Waals surface area contributed by atoms with Gasteiger partial charge in [-0.1, -0.05) is 18.2 Å². The van der Waals surface area contributed by atoms with Crippen molar-refractivity contribution in [1.29, 1.82) is 0 Å². The molecule has 0 bridgehead atoms. The van der Waals surface area contributed by atoms with Crippen molar-refractivity contribution in [3.05, 3.63) is 65.0 Å². The van der Waals surface area contributed by atoms with Gasteiger partial charge < -0.3 is 34.0 Å². The number of aliphatic carboxylic acids is 1. The molecule has 1 aliphatic rings. The lowest BCUT2D eigenvalue weighted by molar-refractivity contribution is -0.149. The Morgan fingerprint density at radius 2 is 1.67 bits per heavy atom. The summed E-state index contributed by atoms with van der Waals surface area (Å²) in [4.78, 5) is 28.3. The van der Waals surface area contributed by atoms with Crippen molar-refractivity contribution in [2.45, 2.75) is 91.1 Å². The third-order valence-electron chi connectivity index (χ3n) is 7.85. The molecule has 0 spiro atoms. The number of rotatable bonds is 12. The molecule has 1 aromatic heterocycles. The summed E-state index contributed by atoms with van der Waals surface area (Å²) in [7, 11) is -0.444. The summed E-state index contributed by atoms with van der Waals surface area (Å²) in [6.07, 6.45) is 0.295. The van der Waals surface area contributed by atoms with Gasteiger partial charge in [0.2, 0.25) is 5.89 Å². The molecule has 10 nitrogen and oxygen atoms in total. The first-order chi connectivity index (χ1) is 20.2. The van der Waals surface area contributed by atoms with Crippen LogP contribution >= 0.6 is 0 Å². The minimum absolute atomic E-state index is 0.0891. The zero-order chi connectivity index (χ0) is 31.5. The van der Waals surface area contributed by atoms with Crippen molar-refractivity contribution < 1.29 is 37.9 Å². The van der Waals surface area contributed by atoms with Crippen LogP contribution in [0, 0.1) is 6.92 Å². The van der Waals surface area contributed by atoms with E-state index in [0.29, 0.717) is 41.6 Å². The van der Waals surface area contributed by atoms with Crippen LogP contribution in [0.5, 0.6) is 5.75 Å². The van der Waals surface area contributed by atoms with Crippen molar-refractivity contribution in [3.8, 4) is 17.2 Å². The number of carbonyl (C=O) groups is 2. The number of carboxylic acids is 1. The summed E-state index contributed by atoms with van der Waals surface area (Å²) in [6, 6.07) is 11.9. The molecule has 3 N–H and O–H groups in total. The summed E-state index contributed by atoms with van der Waals surface area (Å²) in [5.74, 6) is 0.178. The second kappa shape index (κ2) is 12.9. The van der Waals surface area contributed by atoms with Crippen LogP contribution in [0.2, 0.25) is 0 Å². The molecule has 1 unspecified atom stereocenters. The predicted molar refractivity (Wildman–Crippen MR) is 162 cm³/mol. The molecule has 0 amide bonds. The smallest absolute Gasteiger partial charge is 0.493 e. The average molecular weight is 592 g/mol. The lowest BCUT2D eigenvalue weighted by atomic mass is 9.79. The van der Waals surface area contributed by atoms with Crippen LogP contribution in [-0.4, -0.2) is 53.1 Å². The Morgan fingerprint density at radius 3 is 2.28 bits per heavy atom. The summed E-state index contributed by atoms with van der Waals surface area (Å²) in [6.45, 7) is 13.7. The molecule has 11 heteroatoms. The van der Waals surface area contributed by atoms with E-state index in [1.807, 2.05) is 58.9 Å². The van der Waals surface area contributed by atoms with Gasteiger partial charge in [0.15, 0.2) is 0 Å². The summed E-state index contributed by atoms with van der Waals surface area (Å²) in [5, 5.41) is 9.13. The zero-order valence-electron chi connectivity index (χ0n) is 25.9. The van der Waals surface area contributed by atoms with Crippen LogP contribution in [0.3, 0.4) is 0 Å². The number of nitrogens with two attached hydrogens (primary N) is 1. The fourth-order valence-corrected chi connectivity index (χ4v) is 4.67. The molecule has 2 aromatic carbocycles. The molecule has 4 rings (SSSR count). The lowest BCUT2D eigenvalue weighted by Crippen LogP contribution is -2.41. The van der Waals surface area contributed by atoms with Gasteiger partial charge in [-0.25, -0.2) is 9.78 Å². The van der Waals surface area contributed by atoms with E-state index in [2.05, 4.69) is 0 Å². The Kier molecular flexibility index (Phi) is 9.68. The number of carboxylic acid groups (broad SMARTS) is 1. The third kappa shape index (κ3) is 7.65. The van der Waals surface area contributed by atoms with Crippen LogP contribution in [-0.2, 0) is 36.5 Å². The third-order valence-corrected chi connectivity index (χ3v) is 7.85. The first kappa shape index (κ1) is 32.3. The number of aryl methyl sites for hydroxylation is 2. The Bertz CT molecular complexity index is 1430. The zero-order valence-corrected chi connectivity index (χ0v) is 25.9. The van der Waals surface area contributed by atoms with E-state index in [9.17, 15) is 9.59 Å². The van der Waals surface area contributed by atoms with E-state index < -0.39 is 36.3 Å². The minimum Gasteiger partial charge on any atom is -0.493 e. The topological polar surface area (TPSA) is 143 Å². The van der Waals surface area contributed by atoms with Crippen molar-refractivity contribution in [1.82, 2.24) is 4.98 Å². The second-order valence-corrected chi connectivity index (χ2v) is 12.0. The maximum Gasteiger partial charge on any atom is 0.494 e. The highest BCUT2D eigenvalue weighted by atomic mass is 16.7. The molecular formula is C32H41BN2O8. The second-order valence-electron chi connectivity index (χ2n) is 12.0. The molecule has 0 aliphatic carbocycles. The van der Waals surface area contributed by atoms with Crippen LogP contribution < -0.4 is 15.9 Å². The highest BCUT2D eigenvalue weighted by Gasteiger charge is 2.51. The van der Waals surface area contributed by atoms with Gasteiger partial charge in [-0.2, -0.15) is 0 Å². The summed E-state index contributed by atoms with van der Waals surface area (Å²) < 4.78 is 29.5. The van der Waals surface area contributed by atoms with Crippen molar-refractivity contribution in [2.24, 2.45) is 5.73 Å². The van der Waals surface area contributed by atoms with E-state index in [4.69, 9.17) is 39.0 Å². The molecule has 1 saturated heterocycles. The van der Waals surface area contributed by atoms with Gasteiger partial charge in [0, 0.05) is 18.4 Å². The van der Waals surface area contributed by atoms with Crippen molar-refractivity contribution >= 4 is 24.5 Å². The Labute approximate surface area is 253 Å². The molecule has 0 radical (unpaired) electrons. The maximum atomic E-state index is 12.5. The molecule has 230 valence electrons. The number of ether oxygens (including phenoxy) is 2. The van der Waals surface area contributed by atoms with Gasteiger partial charge in [-0.05, 0) is 95.7 Å². The van der Waals surface area contributed by atoms with Crippen LogP contribution in [0.15, 0.2) is 46.9 Å². The van der Waals surface area contributed by atoms with Crippen molar-refractivity contribution in [2.75, 3.05) is 6.61 Å². The number of nitrogens with zero attached hydrogens (tertiary/aromatic N) is 1. The number of aromatic nitrogens is 1. The minimum atomic E-state index is -1.06. The van der Waals surface area contributed by atoms with E-state index >= 15 is 0 Å². The number of hydrogen-bond donors (Lipinski definition) is 2. The fourth-order valence-electron chi connectivity index (χ4n) is 4.67. The summed E-state index contributed by atoms with van der Waals surface area (Å²) in [5.41, 5.74) is 9.04. The molecule has 3 aromatic rings. The van der Waals surface area contributed by atoms with E-state index in [-0.39, 0.29) is 18.9 Å². The SMILES string of the molecule is Cc1oc(-c2ccc(B3OC(C)(C)C(C)(C)O3)cc2)nc1CCOc1ccc(CCC(=O)O)c(C(N)C(=O)OC(C)C)c1. The number of benzene rings is 2. The van der Waals surface area contributed by atoms with Crippen molar-refractivity contribution in [3.63, 3.8) is 0 Å². The average Bonchev–Trinajstić information content (AvgIpc) is 3.41. The van der Waals surface area contributed by atoms with Gasteiger partial charge >= 0.3 is 19.1 Å². The molecule has 43 heavy (non-hydrogen) atoms. The number of oxazole rings is 1. The lowest BCUT2D eigenvalue weighted by Gasteiger charge is -2.32. The monoisotopic (exact) mass is 592 g/mol. The highest BCUT2D eigenvalue weighted by molar-refractivity contribution is 6.62. The molecule has 1 fully saturated rings. The maximum absolute atomic E-state index is 12.5. The first-order valence-electron chi connectivity index (χ1n) is 14.5. The van der Waals surface area contributed by atoms with Gasteiger partial charge in [-0.3, -0.25) is 4.79 Å².